The van der Waals surface area contributed by atoms with Gasteiger partial charge >= 0.3 is 11.9 Å². The molecule has 2 aliphatic heterocycles. The van der Waals surface area contributed by atoms with Crippen molar-refractivity contribution in [2.24, 2.45) is 11.8 Å². The van der Waals surface area contributed by atoms with Crippen molar-refractivity contribution < 1.29 is 69.5 Å². The number of rotatable bonds is 25. The number of aliphatic hydroxyl groups excluding tert-OH is 6. The zero-order chi connectivity index (χ0) is 50.5. The van der Waals surface area contributed by atoms with Crippen LogP contribution in [0.25, 0.3) is 22.5 Å². The molecule has 4 heterocycles. The highest BCUT2D eigenvalue weighted by Gasteiger charge is 2.43. The predicted molar refractivity (Wildman–Crippen MR) is 250 cm³/mol. The standard InChI is InChI=1S/C48H62N8O14/c1-27-35(21-39(47(65)66)69-45(27)43(63)37(59)25-57)55-23-33(51-53-55)29-15-11-13-17-31(29)49-41(61)19-9-7-5-3-4-6-8-10-20-42(62)50-32-18-14-12-16-30(32)34-24-56(54-52-34)36-22-40(48(67)68)70-46(28(36)2)44(64)38(60)26-58/h11-18,21-24,27-28,35-38,43-46,57-60,63-64H,3-10,19-20,25-26H2,1-2H3,(H,49,61)(H,50,62)(H,65,66)(H,67,68)/t27-,28-,35+,36+,37-,38-,43-,44-,45-,46-/m1/s1. The maximum atomic E-state index is 13.0. The number of hydrogen-bond acceptors (Lipinski definition) is 16. The second kappa shape index (κ2) is 24.8. The van der Waals surface area contributed by atoms with E-state index >= 15 is 0 Å². The van der Waals surface area contributed by atoms with Gasteiger partial charge in [0.2, 0.25) is 23.3 Å². The van der Waals surface area contributed by atoms with Gasteiger partial charge in [-0.05, 0) is 37.1 Å². The molecule has 2 aromatic carbocycles. The first-order valence-electron chi connectivity index (χ1n) is 23.4. The molecule has 0 fully saturated rings. The molecule has 0 bridgehead atoms. The van der Waals surface area contributed by atoms with Crippen LogP contribution in [0, 0.1) is 11.8 Å². The molecular weight excluding hydrogens is 913 g/mol. The topological polar surface area (TPSA) is 334 Å². The van der Waals surface area contributed by atoms with Crippen LogP contribution in [0.3, 0.4) is 0 Å². The molecule has 0 radical (unpaired) electrons. The summed E-state index contributed by atoms with van der Waals surface area (Å²) in [5.41, 5.74) is 3.06. The number of para-hydroxylation sites is 2. The second-order valence-corrected chi connectivity index (χ2v) is 17.7. The number of unbranched alkanes of at least 4 members (excludes halogenated alkanes) is 7. The Bertz CT molecular complexity index is 2310. The van der Waals surface area contributed by atoms with Crippen molar-refractivity contribution in [3.05, 3.63) is 84.6 Å². The largest absolute Gasteiger partial charge is 0.480 e. The fourth-order valence-corrected chi connectivity index (χ4v) is 8.66. The summed E-state index contributed by atoms with van der Waals surface area (Å²) in [6, 6.07) is 12.7. The Hall–Kier alpha value is -6.56. The number of nitrogens with one attached hydrogen (secondary N) is 2. The molecule has 6 rings (SSSR count). The summed E-state index contributed by atoms with van der Waals surface area (Å²) in [5.74, 6) is -5.13. The van der Waals surface area contributed by atoms with E-state index in [1.165, 1.54) is 21.5 Å². The molecule has 0 unspecified atom stereocenters. The molecule has 2 aliphatic rings. The first-order chi connectivity index (χ1) is 33.6. The zero-order valence-corrected chi connectivity index (χ0v) is 38.9. The van der Waals surface area contributed by atoms with Crippen molar-refractivity contribution in [1.29, 1.82) is 0 Å². The average Bonchev–Trinajstić information content (AvgIpc) is 4.05. The van der Waals surface area contributed by atoms with E-state index in [4.69, 9.17) is 9.47 Å². The molecule has 4 aromatic rings. The number of benzene rings is 2. The Morgan fingerprint density at radius 2 is 0.943 bits per heavy atom. The lowest BCUT2D eigenvalue weighted by atomic mass is 9.87. The third kappa shape index (κ3) is 13.2. The maximum absolute atomic E-state index is 13.0. The summed E-state index contributed by atoms with van der Waals surface area (Å²) in [6.45, 7) is 1.89. The number of ether oxygens (including phenoxy) is 2. The number of aliphatic hydroxyl groups is 6. The lowest BCUT2D eigenvalue weighted by Gasteiger charge is -2.37. The number of allylic oxidation sites excluding steroid dienone is 2. The highest BCUT2D eigenvalue weighted by molar-refractivity contribution is 5.95. The van der Waals surface area contributed by atoms with Crippen LogP contribution in [0.2, 0.25) is 0 Å². The normalized spacial score (nSPS) is 21.8. The number of aromatic nitrogens is 6. The molecule has 22 heteroatoms. The fourth-order valence-electron chi connectivity index (χ4n) is 8.66. The van der Waals surface area contributed by atoms with Crippen LogP contribution in [-0.4, -0.2) is 144 Å². The molecule has 0 aliphatic carbocycles. The van der Waals surface area contributed by atoms with Gasteiger partial charge in [0.05, 0.1) is 49.1 Å². The molecule has 70 heavy (non-hydrogen) atoms. The summed E-state index contributed by atoms with van der Waals surface area (Å²) in [5, 5.41) is 102. The number of carbonyl (C=O) groups is 4. The molecule has 0 saturated heterocycles. The summed E-state index contributed by atoms with van der Waals surface area (Å²) >= 11 is 0. The highest BCUT2D eigenvalue weighted by atomic mass is 16.5. The number of carboxylic acid groups (broad SMARTS) is 2. The smallest absolute Gasteiger partial charge is 0.370 e. The second-order valence-electron chi connectivity index (χ2n) is 17.7. The van der Waals surface area contributed by atoms with E-state index in [1.54, 1.807) is 74.8 Å². The van der Waals surface area contributed by atoms with Gasteiger partial charge in [0, 0.05) is 35.8 Å². The van der Waals surface area contributed by atoms with Gasteiger partial charge in [-0.3, -0.25) is 9.59 Å². The zero-order valence-electron chi connectivity index (χ0n) is 38.9. The number of nitrogens with zero attached hydrogens (tertiary/aromatic N) is 6. The van der Waals surface area contributed by atoms with Gasteiger partial charge in [-0.2, -0.15) is 0 Å². The lowest BCUT2D eigenvalue weighted by Crippen LogP contribution is -2.48. The van der Waals surface area contributed by atoms with E-state index in [0.29, 0.717) is 59.6 Å². The average molecular weight is 975 g/mol. The van der Waals surface area contributed by atoms with Gasteiger partial charge in [-0.15, -0.1) is 10.2 Å². The predicted octanol–water partition coefficient (Wildman–Crippen LogP) is 3.20. The lowest BCUT2D eigenvalue weighted by molar-refractivity contribution is -0.148. The first kappa shape index (κ1) is 52.8. The van der Waals surface area contributed by atoms with Crippen LogP contribution in [0.4, 0.5) is 11.4 Å². The van der Waals surface area contributed by atoms with Crippen LogP contribution in [0.15, 0.2) is 84.6 Å². The van der Waals surface area contributed by atoms with Gasteiger partial charge < -0.3 is 61.0 Å². The molecular formula is C48H62N8O14. The van der Waals surface area contributed by atoms with E-state index < -0.39 is 97.2 Å². The van der Waals surface area contributed by atoms with Crippen LogP contribution in [-0.2, 0) is 28.7 Å². The summed E-state index contributed by atoms with van der Waals surface area (Å²) in [7, 11) is 0. The van der Waals surface area contributed by atoms with E-state index in [2.05, 4.69) is 31.3 Å². The molecule has 0 saturated carbocycles. The van der Waals surface area contributed by atoms with Gasteiger partial charge in [-0.1, -0.05) is 99.2 Å². The van der Waals surface area contributed by atoms with Crippen molar-refractivity contribution in [2.45, 2.75) is 127 Å². The molecule has 10 N–H and O–H groups in total. The van der Waals surface area contributed by atoms with E-state index in [-0.39, 0.29) is 11.8 Å². The van der Waals surface area contributed by atoms with Crippen LogP contribution >= 0.6 is 0 Å². The Balaban J connectivity index is 0.904. The SMILES string of the molecule is C[C@H]1[C@H]([C@H](O)[C@H](O)CO)OC(C(=O)O)=C[C@@H]1n1cc(-c2ccccc2NC(=O)CCCCCCCCCCC(=O)Nc2ccccc2-c2cn([C@H]3C=C(C(=O)O)O[C@@H]([C@H](O)[C@H](O)CO)[C@@H]3C)nn2)nn1. The van der Waals surface area contributed by atoms with Gasteiger partial charge in [-0.25, -0.2) is 19.0 Å². The minimum absolute atomic E-state index is 0.163. The molecule has 0 spiro atoms. The monoisotopic (exact) mass is 974 g/mol. The fraction of sp³-hybridized carbons (Fsp3) is 0.500. The Morgan fingerprint density at radius 3 is 1.30 bits per heavy atom. The van der Waals surface area contributed by atoms with Crippen molar-refractivity contribution in [2.75, 3.05) is 23.8 Å². The quantitative estimate of drug-likeness (QED) is 0.0426. The van der Waals surface area contributed by atoms with Crippen LogP contribution < -0.4 is 10.6 Å². The minimum Gasteiger partial charge on any atom is -0.480 e. The number of amides is 2. The summed E-state index contributed by atoms with van der Waals surface area (Å²) in [6.07, 6.45) is 4.93. The molecule has 2 aromatic heterocycles. The maximum Gasteiger partial charge on any atom is 0.370 e. The Kier molecular flexibility index (Phi) is 18.7. The summed E-state index contributed by atoms with van der Waals surface area (Å²) < 4.78 is 13.8. The van der Waals surface area contributed by atoms with Gasteiger partial charge in [0.25, 0.3) is 0 Å². The Labute approximate surface area is 403 Å². The molecule has 10 atom stereocenters. The number of hydrogen-bond donors (Lipinski definition) is 10. The van der Waals surface area contributed by atoms with Gasteiger partial charge in [0.15, 0.2) is 0 Å². The minimum atomic E-state index is -1.57. The third-order valence-corrected chi connectivity index (χ3v) is 12.7. The summed E-state index contributed by atoms with van der Waals surface area (Å²) in [4.78, 5) is 49.8. The number of anilines is 2. The molecule has 22 nitrogen and oxygen atoms in total. The number of carboxylic acids is 2. The van der Waals surface area contributed by atoms with E-state index in [9.17, 15) is 60.0 Å². The van der Waals surface area contributed by atoms with Crippen molar-refractivity contribution in [1.82, 2.24) is 30.0 Å². The van der Waals surface area contributed by atoms with Crippen LogP contribution in [0.1, 0.15) is 90.1 Å². The van der Waals surface area contributed by atoms with Crippen molar-refractivity contribution in [3.8, 4) is 22.5 Å². The Morgan fingerprint density at radius 1 is 0.586 bits per heavy atom. The van der Waals surface area contributed by atoms with Gasteiger partial charge in [0.1, 0.15) is 48.0 Å². The number of aliphatic carboxylic acids is 2. The van der Waals surface area contributed by atoms with Crippen molar-refractivity contribution in [3.63, 3.8) is 0 Å². The number of carbonyl (C=O) groups excluding carboxylic acids is 2. The van der Waals surface area contributed by atoms with E-state index in [0.717, 1.165) is 38.5 Å². The highest BCUT2D eigenvalue weighted by Crippen LogP contribution is 2.37. The van der Waals surface area contributed by atoms with Crippen LogP contribution in [0.5, 0.6) is 0 Å². The molecule has 378 valence electrons. The van der Waals surface area contributed by atoms with Crippen molar-refractivity contribution >= 4 is 35.1 Å². The van der Waals surface area contributed by atoms with E-state index in [1.807, 2.05) is 0 Å². The molecule has 2 amide bonds. The third-order valence-electron chi connectivity index (χ3n) is 12.7. The first-order valence-corrected chi connectivity index (χ1v) is 23.4.